The van der Waals surface area contributed by atoms with Gasteiger partial charge in [-0.15, -0.1) is 0 Å². The molecule has 82 valence electrons. The second-order valence-corrected chi connectivity index (χ2v) is 3.46. The molecule has 0 radical (unpaired) electrons. The summed E-state index contributed by atoms with van der Waals surface area (Å²) in [6.45, 7) is -0.107. The summed E-state index contributed by atoms with van der Waals surface area (Å²) in [6, 6.07) is 6.28. The fraction of sp³-hybridized carbons (Fsp3) is 0.167. The third-order valence-corrected chi connectivity index (χ3v) is 2.22. The highest BCUT2D eigenvalue weighted by Gasteiger charge is 1.99. The third kappa shape index (κ3) is 2.61. The number of aliphatic hydroxyl groups excluding tert-OH is 1. The number of benzene rings is 1. The number of halogens is 1. The van der Waals surface area contributed by atoms with E-state index in [1.54, 1.807) is 24.5 Å². The van der Waals surface area contributed by atoms with Crippen LogP contribution in [-0.4, -0.2) is 15.1 Å². The van der Waals surface area contributed by atoms with Crippen molar-refractivity contribution in [3.63, 3.8) is 0 Å². The van der Waals surface area contributed by atoms with Gasteiger partial charge in [0.1, 0.15) is 5.82 Å². The molecule has 1 aromatic carbocycles. The number of aliphatic hydroxyl groups is 1. The van der Waals surface area contributed by atoms with Gasteiger partial charge in [0, 0.05) is 12.6 Å². The molecule has 0 aliphatic rings. The molecule has 0 bridgehead atoms. The molecule has 0 atom stereocenters. The number of aromatic nitrogens is 2. The molecule has 1 aromatic heterocycles. The summed E-state index contributed by atoms with van der Waals surface area (Å²) < 4.78 is 12.7. The van der Waals surface area contributed by atoms with Crippen molar-refractivity contribution >= 4 is 0 Å². The van der Waals surface area contributed by atoms with Crippen LogP contribution in [0.2, 0.25) is 0 Å². The minimum atomic E-state index is -0.245. The van der Waals surface area contributed by atoms with Crippen LogP contribution < -0.4 is 0 Å². The van der Waals surface area contributed by atoms with Gasteiger partial charge in [0.2, 0.25) is 0 Å². The lowest BCUT2D eigenvalue weighted by Gasteiger charge is -2.01. The van der Waals surface area contributed by atoms with Gasteiger partial charge in [-0.1, -0.05) is 12.1 Å². The first kappa shape index (κ1) is 10.7. The van der Waals surface area contributed by atoms with E-state index in [-0.39, 0.29) is 12.4 Å². The van der Waals surface area contributed by atoms with Gasteiger partial charge in [0.25, 0.3) is 0 Å². The normalized spacial score (nSPS) is 10.4. The number of hydrogen-bond donors (Lipinski definition) is 1. The Labute approximate surface area is 92.6 Å². The summed E-state index contributed by atoms with van der Waals surface area (Å²) in [5.74, 6) is -0.245. The van der Waals surface area contributed by atoms with Crippen LogP contribution in [0.4, 0.5) is 4.39 Å². The van der Waals surface area contributed by atoms with E-state index >= 15 is 0 Å². The van der Waals surface area contributed by atoms with Crippen LogP contribution in [0.1, 0.15) is 17.0 Å². The molecule has 0 aliphatic heterocycles. The quantitative estimate of drug-likeness (QED) is 0.852. The maximum absolute atomic E-state index is 12.7. The van der Waals surface area contributed by atoms with E-state index < -0.39 is 0 Å². The van der Waals surface area contributed by atoms with Crippen LogP contribution in [0.15, 0.2) is 36.7 Å². The molecule has 3 nitrogen and oxygen atoms in total. The van der Waals surface area contributed by atoms with Gasteiger partial charge >= 0.3 is 0 Å². The zero-order valence-corrected chi connectivity index (χ0v) is 8.60. The molecule has 0 saturated carbocycles. The molecule has 1 N–H and O–H groups in total. The molecule has 2 aromatic rings. The molecule has 0 amide bonds. The smallest absolute Gasteiger partial charge is 0.123 e. The molecule has 0 fully saturated rings. The standard InChI is InChI=1S/C12H11FN2O/c13-10-3-1-9(2-4-10)5-11-6-15-12(8-16)7-14-11/h1-4,6-7,16H,5,8H2. The molecule has 0 unspecified atom stereocenters. The number of nitrogens with zero attached hydrogens (tertiary/aromatic N) is 2. The van der Waals surface area contributed by atoms with E-state index in [4.69, 9.17) is 5.11 Å². The van der Waals surface area contributed by atoms with Crippen molar-refractivity contribution in [2.45, 2.75) is 13.0 Å². The fourth-order valence-corrected chi connectivity index (χ4v) is 1.37. The maximum atomic E-state index is 12.7. The number of rotatable bonds is 3. The molecule has 16 heavy (non-hydrogen) atoms. The lowest BCUT2D eigenvalue weighted by Crippen LogP contribution is -1.97. The molecule has 0 saturated heterocycles. The molecular formula is C12H11FN2O. The van der Waals surface area contributed by atoms with Gasteiger partial charge in [0.15, 0.2) is 0 Å². The van der Waals surface area contributed by atoms with E-state index in [9.17, 15) is 4.39 Å². The highest BCUT2D eigenvalue weighted by atomic mass is 19.1. The zero-order chi connectivity index (χ0) is 11.4. The number of hydrogen-bond acceptors (Lipinski definition) is 3. The Hall–Kier alpha value is -1.81. The minimum absolute atomic E-state index is 0.107. The average molecular weight is 218 g/mol. The first-order valence-corrected chi connectivity index (χ1v) is 4.93. The largest absolute Gasteiger partial charge is 0.390 e. The molecule has 1 heterocycles. The summed E-state index contributed by atoms with van der Waals surface area (Å²) in [7, 11) is 0. The van der Waals surface area contributed by atoms with Crippen molar-refractivity contribution in [2.75, 3.05) is 0 Å². The predicted molar refractivity (Wildman–Crippen MR) is 57.2 cm³/mol. The zero-order valence-electron chi connectivity index (χ0n) is 8.60. The summed E-state index contributed by atoms with van der Waals surface area (Å²) in [6.07, 6.45) is 3.77. The Balaban J connectivity index is 2.11. The summed E-state index contributed by atoms with van der Waals surface area (Å²) >= 11 is 0. The van der Waals surface area contributed by atoms with Gasteiger partial charge in [-0.05, 0) is 17.7 Å². The Morgan fingerprint density at radius 3 is 2.19 bits per heavy atom. The molecule has 0 aliphatic carbocycles. The lowest BCUT2D eigenvalue weighted by atomic mass is 10.1. The van der Waals surface area contributed by atoms with Gasteiger partial charge < -0.3 is 5.11 Å². The summed E-state index contributed by atoms with van der Waals surface area (Å²) in [5, 5.41) is 8.80. The summed E-state index contributed by atoms with van der Waals surface area (Å²) in [5.41, 5.74) is 2.32. The predicted octanol–water partition coefficient (Wildman–Crippen LogP) is 1.70. The van der Waals surface area contributed by atoms with E-state index in [0.29, 0.717) is 12.1 Å². The first-order valence-electron chi connectivity index (χ1n) is 4.93. The lowest BCUT2D eigenvalue weighted by molar-refractivity contribution is 0.276. The van der Waals surface area contributed by atoms with Crippen LogP contribution in [-0.2, 0) is 13.0 Å². The summed E-state index contributed by atoms with van der Waals surface area (Å²) in [4.78, 5) is 8.18. The Morgan fingerprint density at radius 2 is 1.62 bits per heavy atom. The highest BCUT2D eigenvalue weighted by molar-refractivity contribution is 5.21. The topological polar surface area (TPSA) is 46.0 Å². The SMILES string of the molecule is OCc1cnc(Cc2ccc(F)cc2)cn1. The highest BCUT2D eigenvalue weighted by Crippen LogP contribution is 2.08. The van der Waals surface area contributed by atoms with Crippen molar-refractivity contribution in [3.05, 3.63) is 59.4 Å². The van der Waals surface area contributed by atoms with E-state index in [2.05, 4.69) is 9.97 Å². The van der Waals surface area contributed by atoms with Crippen molar-refractivity contribution in [1.29, 1.82) is 0 Å². The second-order valence-electron chi connectivity index (χ2n) is 3.46. The molecule has 2 rings (SSSR count). The molecule has 0 spiro atoms. The minimum Gasteiger partial charge on any atom is -0.390 e. The van der Waals surface area contributed by atoms with Crippen LogP contribution in [0.5, 0.6) is 0 Å². The Morgan fingerprint density at radius 1 is 1.00 bits per heavy atom. The van der Waals surface area contributed by atoms with Crippen molar-refractivity contribution in [3.8, 4) is 0 Å². The van der Waals surface area contributed by atoms with Crippen LogP contribution in [0, 0.1) is 5.82 Å². The Kier molecular flexibility index (Phi) is 3.22. The Bertz CT molecular complexity index is 453. The van der Waals surface area contributed by atoms with Crippen LogP contribution in [0.25, 0.3) is 0 Å². The third-order valence-electron chi connectivity index (χ3n) is 2.22. The van der Waals surface area contributed by atoms with Crippen LogP contribution in [0.3, 0.4) is 0 Å². The van der Waals surface area contributed by atoms with Gasteiger partial charge in [0.05, 0.1) is 24.2 Å². The van der Waals surface area contributed by atoms with E-state index in [1.165, 1.54) is 12.1 Å². The maximum Gasteiger partial charge on any atom is 0.123 e. The van der Waals surface area contributed by atoms with Gasteiger partial charge in [-0.3, -0.25) is 9.97 Å². The van der Waals surface area contributed by atoms with Crippen molar-refractivity contribution in [1.82, 2.24) is 9.97 Å². The van der Waals surface area contributed by atoms with Gasteiger partial charge in [-0.2, -0.15) is 0 Å². The fourth-order valence-electron chi connectivity index (χ4n) is 1.37. The monoisotopic (exact) mass is 218 g/mol. The van der Waals surface area contributed by atoms with E-state index in [0.717, 1.165) is 11.3 Å². The van der Waals surface area contributed by atoms with E-state index in [1.807, 2.05) is 0 Å². The second kappa shape index (κ2) is 4.81. The molecular weight excluding hydrogens is 207 g/mol. The molecule has 4 heteroatoms. The average Bonchev–Trinajstić information content (AvgIpc) is 2.33. The first-order chi connectivity index (χ1) is 7.78. The van der Waals surface area contributed by atoms with Crippen molar-refractivity contribution in [2.24, 2.45) is 0 Å². The van der Waals surface area contributed by atoms with Crippen molar-refractivity contribution < 1.29 is 9.50 Å². The van der Waals surface area contributed by atoms with Crippen LogP contribution >= 0.6 is 0 Å². The van der Waals surface area contributed by atoms with Gasteiger partial charge in [-0.25, -0.2) is 4.39 Å².